The molecule has 0 saturated heterocycles. The molecule has 5 rings (SSSR count). The first-order valence-electron chi connectivity index (χ1n) is 13.2. The third-order valence-corrected chi connectivity index (χ3v) is 7.41. The second-order valence-corrected chi connectivity index (χ2v) is 10.7. The molecule has 1 amide bonds. The Labute approximate surface area is 231 Å². The minimum absolute atomic E-state index is 0.0324. The molecule has 0 spiro atoms. The number of nitrogens with zero attached hydrogens (tertiary/aromatic N) is 4. The summed E-state index contributed by atoms with van der Waals surface area (Å²) in [5, 5.41) is 12.0. The Morgan fingerprint density at radius 1 is 1.15 bits per heavy atom. The molecular weight excluding hydrogens is 518 g/mol. The van der Waals surface area contributed by atoms with Crippen molar-refractivity contribution in [1.29, 1.82) is 0 Å². The first-order chi connectivity index (χ1) is 18.7. The van der Waals surface area contributed by atoms with Crippen LogP contribution < -0.4 is 15.6 Å². The van der Waals surface area contributed by atoms with E-state index in [2.05, 4.69) is 15.5 Å². The molecule has 1 N–H and O–H groups in total. The van der Waals surface area contributed by atoms with Crippen molar-refractivity contribution in [2.45, 2.75) is 58.5 Å². The second kappa shape index (κ2) is 11.1. The van der Waals surface area contributed by atoms with E-state index >= 15 is 0 Å². The van der Waals surface area contributed by atoms with Crippen molar-refractivity contribution in [2.24, 2.45) is 13.0 Å². The van der Waals surface area contributed by atoms with Crippen LogP contribution in [-0.2, 0) is 11.8 Å². The number of hydrogen-bond acceptors (Lipinski definition) is 6. The highest BCUT2D eigenvalue weighted by molar-refractivity contribution is 6.30. The van der Waals surface area contributed by atoms with Gasteiger partial charge in [-0.3, -0.25) is 14.3 Å². The zero-order valence-electron chi connectivity index (χ0n) is 22.5. The van der Waals surface area contributed by atoms with E-state index in [0.29, 0.717) is 45.9 Å². The molecule has 1 saturated carbocycles. The molecular formula is C29H32ClN5O4. The van der Waals surface area contributed by atoms with Crippen LogP contribution in [0.3, 0.4) is 0 Å². The second-order valence-electron chi connectivity index (χ2n) is 10.2. The average Bonchev–Trinajstić information content (AvgIpc) is 3.50. The first-order valence-corrected chi connectivity index (χ1v) is 13.6. The van der Waals surface area contributed by atoms with Crippen LogP contribution in [-0.4, -0.2) is 31.6 Å². The number of rotatable bonds is 7. The molecule has 2 heterocycles. The monoisotopic (exact) mass is 549 g/mol. The molecule has 0 aliphatic heterocycles. The van der Waals surface area contributed by atoms with Gasteiger partial charge in [0.1, 0.15) is 11.4 Å². The van der Waals surface area contributed by atoms with Gasteiger partial charge in [0.05, 0.1) is 23.0 Å². The van der Waals surface area contributed by atoms with Crippen LogP contribution in [0.25, 0.3) is 17.1 Å². The molecule has 2 aromatic heterocycles. The Balaban J connectivity index is 1.33. The Morgan fingerprint density at radius 3 is 2.67 bits per heavy atom. The summed E-state index contributed by atoms with van der Waals surface area (Å²) in [5.41, 5.74) is 2.10. The average molecular weight is 550 g/mol. The lowest BCUT2D eigenvalue weighted by Gasteiger charge is -2.26. The number of hydrogen-bond donors (Lipinski definition) is 1. The fourth-order valence-corrected chi connectivity index (χ4v) is 5.30. The summed E-state index contributed by atoms with van der Waals surface area (Å²) >= 11 is 6.23. The summed E-state index contributed by atoms with van der Waals surface area (Å²) in [6, 6.07) is 14.7. The van der Waals surface area contributed by atoms with E-state index in [-0.39, 0.29) is 29.4 Å². The quantitative estimate of drug-likeness (QED) is 0.308. The lowest BCUT2D eigenvalue weighted by atomic mass is 9.81. The standard InChI is InChI=1S/C29H32ClN5O4/c1-17(2)38-24-14-13-21(30)16-23(24)28-33-32-27(39-28)20-10-8-9-19(15-20)26(36)31-25-18(3)34(4)35(29(25)37)22-11-6-5-7-12-22/h5-7,11-14,16-17,19-20H,8-10,15H2,1-4H3,(H,31,36)/t19-,20+/m1/s1. The van der Waals surface area contributed by atoms with Gasteiger partial charge >= 0.3 is 0 Å². The largest absolute Gasteiger partial charge is 0.490 e. The van der Waals surface area contributed by atoms with Crippen molar-refractivity contribution in [3.05, 3.63) is 75.5 Å². The highest BCUT2D eigenvalue weighted by Gasteiger charge is 2.32. The van der Waals surface area contributed by atoms with Crippen molar-refractivity contribution in [2.75, 3.05) is 5.32 Å². The fourth-order valence-electron chi connectivity index (χ4n) is 5.12. The van der Waals surface area contributed by atoms with Crippen LogP contribution in [0.2, 0.25) is 5.02 Å². The van der Waals surface area contributed by atoms with E-state index in [9.17, 15) is 9.59 Å². The summed E-state index contributed by atoms with van der Waals surface area (Å²) in [6.07, 6.45) is 2.91. The third-order valence-electron chi connectivity index (χ3n) is 7.17. The molecule has 1 aliphatic carbocycles. The number of para-hydroxylation sites is 1. The molecule has 0 unspecified atom stereocenters. The molecule has 4 aromatic rings. The topological polar surface area (TPSA) is 104 Å². The number of carbonyl (C=O) groups is 1. The predicted molar refractivity (Wildman–Crippen MR) is 150 cm³/mol. The molecule has 2 aromatic carbocycles. The Morgan fingerprint density at radius 2 is 1.92 bits per heavy atom. The zero-order valence-corrected chi connectivity index (χ0v) is 23.2. The molecule has 39 heavy (non-hydrogen) atoms. The van der Waals surface area contributed by atoms with Crippen LogP contribution in [0.15, 0.2) is 57.7 Å². The lowest BCUT2D eigenvalue weighted by Crippen LogP contribution is -2.30. The predicted octanol–water partition coefficient (Wildman–Crippen LogP) is 5.89. The van der Waals surface area contributed by atoms with E-state index in [1.807, 2.05) is 51.1 Å². The van der Waals surface area contributed by atoms with Gasteiger partial charge in [0, 0.05) is 23.9 Å². The normalized spacial score (nSPS) is 17.4. The summed E-state index contributed by atoms with van der Waals surface area (Å²) < 4.78 is 15.3. The molecule has 10 heteroatoms. The molecule has 1 fully saturated rings. The van der Waals surface area contributed by atoms with Gasteiger partial charge in [-0.1, -0.05) is 36.2 Å². The number of anilines is 1. The number of aromatic nitrogens is 4. The van der Waals surface area contributed by atoms with E-state index < -0.39 is 0 Å². The van der Waals surface area contributed by atoms with Gasteiger partial charge < -0.3 is 14.5 Å². The van der Waals surface area contributed by atoms with Gasteiger partial charge in [0.2, 0.25) is 11.8 Å². The molecule has 2 atom stereocenters. The third kappa shape index (κ3) is 5.49. The van der Waals surface area contributed by atoms with Gasteiger partial charge in [0.25, 0.3) is 11.4 Å². The lowest BCUT2D eigenvalue weighted by molar-refractivity contribution is -0.121. The Bertz CT molecular complexity index is 1540. The maximum absolute atomic E-state index is 13.4. The van der Waals surface area contributed by atoms with Crippen LogP contribution in [0, 0.1) is 12.8 Å². The van der Waals surface area contributed by atoms with Crippen molar-refractivity contribution in [3.63, 3.8) is 0 Å². The molecule has 1 aliphatic rings. The van der Waals surface area contributed by atoms with E-state index in [1.165, 1.54) is 0 Å². The van der Waals surface area contributed by atoms with E-state index in [1.54, 1.807) is 34.6 Å². The fraction of sp³-hybridized carbons (Fsp3) is 0.379. The summed E-state index contributed by atoms with van der Waals surface area (Å²) in [4.78, 5) is 26.6. The minimum Gasteiger partial charge on any atom is -0.490 e. The first kappa shape index (κ1) is 26.7. The number of nitrogens with one attached hydrogen (secondary N) is 1. The van der Waals surface area contributed by atoms with Gasteiger partial charge in [-0.2, -0.15) is 0 Å². The molecule has 0 radical (unpaired) electrons. The van der Waals surface area contributed by atoms with Crippen molar-refractivity contribution in [1.82, 2.24) is 19.6 Å². The van der Waals surface area contributed by atoms with E-state index in [4.69, 9.17) is 20.8 Å². The Kier molecular flexibility index (Phi) is 7.61. The summed E-state index contributed by atoms with van der Waals surface area (Å²) in [7, 11) is 1.81. The number of amides is 1. The number of benzene rings is 2. The minimum atomic E-state index is -0.283. The van der Waals surface area contributed by atoms with Gasteiger partial charge in [-0.05, 0) is 70.4 Å². The van der Waals surface area contributed by atoms with Crippen molar-refractivity contribution >= 4 is 23.2 Å². The van der Waals surface area contributed by atoms with E-state index in [0.717, 1.165) is 24.9 Å². The molecule has 0 bridgehead atoms. The van der Waals surface area contributed by atoms with Crippen molar-refractivity contribution in [3.8, 4) is 22.9 Å². The molecule has 9 nitrogen and oxygen atoms in total. The Hall–Kier alpha value is -3.85. The SMILES string of the molecule is Cc1c(NC(=O)[C@@H]2CCC[C@H](c3nnc(-c4cc(Cl)ccc4OC(C)C)o3)C2)c(=O)n(-c2ccccc2)n1C. The smallest absolute Gasteiger partial charge is 0.295 e. The zero-order chi connectivity index (χ0) is 27.7. The highest BCUT2D eigenvalue weighted by Crippen LogP contribution is 2.39. The van der Waals surface area contributed by atoms with Gasteiger partial charge in [-0.25, -0.2) is 4.68 Å². The van der Waals surface area contributed by atoms with Crippen LogP contribution in [0.1, 0.15) is 57.0 Å². The van der Waals surface area contributed by atoms with Crippen LogP contribution in [0.4, 0.5) is 5.69 Å². The number of halogens is 1. The van der Waals surface area contributed by atoms with Crippen molar-refractivity contribution < 1.29 is 13.9 Å². The maximum Gasteiger partial charge on any atom is 0.295 e. The van der Waals surface area contributed by atoms with Crippen LogP contribution in [0.5, 0.6) is 5.75 Å². The summed E-state index contributed by atoms with van der Waals surface area (Å²) in [6.45, 7) is 5.71. The highest BCUT2D eigenvalue weighted by atomic mass is 35.5. The summed E-state index contributed by atoms with van der Waals surface area (Å²) in [5.74, 6) is 0.908. The molecule has 204 valence electrons. The van der Waals surface area contributed by atoms with Crippen LogP contribution >= 0.6 is 11.6 Å². The maximum atomic E-state index is 13.4. The number of ether oxygens (including phenoxy) is 1. The van der Waals surface area contributed by atoms with Gasteiger partial charge in [0.15, 0.2) is 0 Å². The van der Waals surface area contributed by atoms with Gasteiger partial charge in [-0.15, -0.1) is 10.2 Å². The number of carbonyl (C=O) groups excluding carboxylic acids is 1.